The van der Waals surface area contributed by atoms with Crippen molar-refractivity contribution in [2.24, 2.45) is 0 Å². The van der Waals surface area contributed by atoms with Crippen molar-refractivity contribution < 1.29 is 4.42 Å². The zero-order valence-corrected chi connectivity index (χ0v) is 22.4. The zero-order valence-electron chi connectivity index (χ0n) is 22.4. The third-order valence-electron chi connectivity index (χ3n) is 8.03. The summed E-state index contributed by atoms with van der Waals surface area (Å²) in [6, 6.07) is 45.6. The van der Waals surface area contributed by atoms with Crippen LogP contribution in [0.1, 0.15) is 0 Å². The predicted molar refractivity (Wildman–Crippen MR) is 170 cm³/mol. The summed E-state index contributed by atoms with van der Waals surface area (Å²) < 4.78 is 8.78. The summed E-state index contributed by atoms with van der Waals surface area (Å²) in [5, 5.41) is 6.70. The largest absolute Gasteiger partial charge is 0.455 e. The second-order valence-corrected chi connectivity index (χ2v) is 10.5. The highest BCUT2D eigenvalue weighted by molar-refractivity contribution is 6.24. The maximum atomic E-state index is 6.65. The Labute approximate surface area is 240 Å². The summed E-state index contributed by atoms with van der Waals surface area (Å²) in [4.78, 5) is 15.0. The number of hydrogen-bond donors (Lipinski definition) is 0. The van der Waals surface area contributed by atoms with Gasteiger partial charge < -0.3 is 4.42 Å². The Balaban J connectivity index is 1.38. The van der Waals surface area contributed by atoms with Gasteiger partial charge in [0, 0.05) is 27.3 Å². The molecule has 5 heteroatoms. The van der Waals surface area contributed by atoms with Gasteiger partial charge in [0.15, 0.2) is 11.6 Å². The molecule has 0 saturated carbocycles. The Kier molecular flexibility index (Phi) is 4.83. The second kappa shape index (κ2) is 8.85. The van der Waals surface area contributed by atoms with E-state index in [9.17, 15) is 0 Å². The first-order valence-electron chi connectivity index (χ1n) is 14.0. The van der Waals surface area contributed by atoms with Gasteiger partial charge in [0.05, 0.1) is 16.4 Å². The summed E-state index contributed by atoms with van der Waals surface area (Å²) in [6.45, 7) is 0. The molecule has 3 aromatic heterocycles. The van der Waals surface area contributed by atoms with Crippen LogP contribution < -0.4 is 0 Å². The van der Waals surface area contributed by atoms with Crippen molar-refractivity contribution in [3.05, 3.63) is 133 Å². The van der Waals surface area contributed by atoms with Gasteiger partial charge in [-0.05, 0) is 41.1 Å². The molecule has 0 unspecified atom stereocenters. The van der Waals surface area contributed by atoms with Gasteiger partial charge >= 0.3 is 0 Å². The van der Waals surface area contributed by atoms with Crippen molar-refractivity contribution in [2.45, 2.75) is 0 Å². The predicted octanol–water partition coefficient (Wildman–Crippen LogP) is 9.36. The topological polar surface area (TPSA) is 56.7 Å². The van der Waals surface area contributed by atoms with E-state index in [2.05, 4.69) is 77.4 Å². The standard InChI is InChI=1S/C37H22N4O/c1-3-11-23(12-4-1)35-38-36(24-13-5-2-6-14-24)40-37(39-35)41-30-18-10-9-17-28(30)33-31(41)20-19-27-29-21-25-15-7-8-16-26(25)22-32(29)42-34(27)33/h1-22H. The monoisotopic (exact) mass is 538 g/mol. The molecule has 6 aromatic carbocycles. The molecule has 3 heterocycles. The van der Waals surface area contributed by atoms with E-state index >= 15 is 0 Å². The molecular formula is C37H22N4O. The molecule has 0 spiro atoms. The first-order chi connectivity index (χ1) is 20.8. The van der Waals surface area contributed by atoms with E-state index in [1.165, 1.54) is 5.39 Å². The third kappa shape index (κ3) is 3.40. The van der Waals surface area contributed by atoms with Crippen LogP contribution in [0.25, 0.3) is 83.2 Å². The van der Waals surface area contributed by atoms with Gasteiger partial charge in [0.1, 0.15) is 11.2 Å². The van der Waals surface area contributed by atoms with E-state index in [0.29, 0.717) is 17.6 Å². The Morgan fingerprint density at radius 1 is 0.476 bits per heavy atom. The lowest BCUT2D eigenvalue weighted by Crippen LogP contribution is -2.06. The highest BCUT2D eigenvalue weighted by Crippen LogP contribution is 2.41. The number of hydrogen-bond acceptors (Lipinski definition) is 4. The maximum Gasteiger partial charge on any atom is 0.238 e. The van der Waals surface area contributed by atoms with E-state index in [1.54, 1.807) is 0 Å². The van der Waals surface area contributed by atoms with Crippen molar-refractivity contribution in [1.82, 2.24) is 19.5 Å². The lowest BCUT2D eigenvalue weighted by atomic mass is 10.0. The summed E-state index contributed by atoms with van der Waals surface area (Å²) >= 11 is 0. The smallest absolute Gasteiger partial charge is 0.238 e. The van der Waals surface area contributed by atoms with Crippen LogP contribution in [0.15, 0.2) is 138 Å². The summed E-state index contributed by atoms with van der Waals surface area (Å²) in [5.74, 6) is 1.82. The molecule has 42 heavy (non-hydrogen) atoms. The van der Waals surface area contributed by atoms with Crippen LogP contribution in [0.5, 0.6) is 0 Å². The van der Waals surface area contributed by atoms with Crippen LogP contribution in [-0.4, -0.2) is 19.5 Å². The normalized spacial score (nSPS) is 11.8. The summed E-state index contributed by atoms with van der Waals surface area (Å²) in [7, 11) is 0. The van der Waals surface area contributed by atoms with Crippen molar-refractivity contribution >= 4 is 54.5 Å². The van der Waals surface area contributed by atoms with Gasteiger partial charge in [-0.15, -0.1) is 0 Å². The van der Waals surface area contributed by atoms with Crippen LogP contribution in [0.3, 0.4) is 0 Å². The van der Waals surface area contributed by atoms with Crippen molar-refractivity contribution in [3.8, 4) is 28.7 Å². The van der Waals surface area contributed by atoms with E-state index in [0.717, 1.165) is 60.3 Å². The molecule has 196 valence electrons. The molecule has 0 fully saturated rings. The van der Waals surface area contributed by atoms with Gasteiger partial charge in [0.25, 0.3) is 0 Å². The SMILES string of the molecule is c1ccc(-c2nc(-c3ccccc3)nc(-n3c4ccccc4c4c5oc6cc7ccccc7cc6c5ccc43)n2)cc1. The molecule has 0 N–H and O–H groups in total. The first-order valence-corrected chi connectivity index (χ1v) is 14.0. The fourth-order valence-electron chi connectivity index (χ4n) is 6.08. The van der Waals surface area contributed by atoms with Crippen LogP contribution >= 0.6 is 0 Å². The number of benzene rings is 6. The Hall–Kier alpha value is -5.81. The van der Waals surface area contributed by atoms with E-state index in [1.807, 2.05) is 60.7 Å². The molecule has 0 aliphatic heterocycles. The number of rotatable bonds is 3. The van der Waals surface area contributed by atoms with Crippen LogP contribution in [-0.2, 0) is 0 Å². The molecule has 0 amide bonds. The van der Waals surface area contributed by atoms with Gasteiger partial charge in [0.2, 0.25) is 5.95 Å². The molecule has 0 bridgehead atoms. The average molecular weight is 539 g/mol. The molecule has 0 aliphatic carbocycles. The molecule has 5 nitrogen and oxygen atoms in total. The summed E-state index contributed by atoms with van der Waals surface area (Å²) in [5.41, 5.74) is 5.61. The van der Waals surface area contributed by atoms with Crippen molar-refractivity contribution in [2.75, 3.05) is 0 Å². The maximum absolute atomic E-state index is 6.65. The van der Waals surface area contributed by atoms with Gasteiger partial charge in [-0.3, -0.25) is 4.57 Å². The van der Waals surface area contributed by atoms with E-state index in [4.69, 9.17) is 19.4 Å². The van der Waals surface area contributed by atoms with E-state index < -0.39 is 0 Å². The number of fused-ring (bicyclic) bond motifs is 8. The molecule has 0 atom stereocenters. The molecule has 0 saturated heterocycles. The Bertz CT molecular complexity index is 2400. The number of nitrogens with zero attached hydrogens (tertiary/aromatic N) is 4. The highest BCUT2D eigenvalue weighted by atomic mass is 16.3. The van der Waals surface area contributed by atoms with Gasteiger partial charge in [-0.2, -0.15) is 9.97 Å². The van der Waals surface area contributed by atoms with Crippen molar-refractivity contribution in [3.63, 3.8) is 0 Å². The van der Waals surface area contributed by atoms with Gasteiger partial charge in [-0.25, -0.2) is 4.98 Å². The highest BCUT2D eigenvalue weighted by Gasteiger charge is 2.21. The van der Waals surface area contributed by atoms with Crippen LogP contribution in [0, 0.1) is 0 Å². The van der Waals surface area contributed by atoms with E-state index in [-0.39, 0.29) is 0 Å². The van der Waals surface area contributed by atoms with Crippen LogP contribution in [0.2, 0.25) is 0 Å². The lowest BCUT2D eigenvalue weighted by Gasteiger charge is -2.10. The van der Waals surface area contributed by atoms with Gasteiger partial charge in [-0.1, -0.05) is 103 Å². The van der Waals surface area contributed by atoms with Crippen LogP contribution in [0.4, 0.5) is 0 Å². The number of para-hydroxylation sites is 1. The minimum Gasteiger partial charge on any atom is -0.455 e. The quantitative estimate of drug-likeness (QED) is 0.225. The molecule has 0 aliphatic rings. The third-order valence-corrected chi connectivity index (χ3v) is 8.03. The lowest BCUT2D eigenvalue weighted by molar-refractivity contribution is 0.673. The molecule has 9 aromatic rings. The Morgan fingerprint density at radius 2 is 1.10 bits per heavy atom. The fraction of sp³-hybridized carbons (Fsp3) is 0. The molecular weight excluding hydrogens is 516 g/mol. The molecule has 9 rings (SSSR count). The number of furan rings is 1. The average Bonchev–Trinajstić information content (AvgIpc) is 3.59. The number of aromatic nitrogens is 4. The minimum atomic E-state index is 0.565. The minimum absolute atomic E-state index is 0.565. The summed E-state index contributed by atoms with van der Waals surface area (Å²) in [6.07, 6.45) is 0. The Morgan fingerprint density at radius 3 is 1.81 bits per heavy atom. The second-order valence-electron chi connectivity index (χ2n) is 10.5. The first kappa shape index (κ1) is 22.9. The van der Waals surface area contributed by atoms with Crippen molar-refractivity contribution in [1.29, 1.82) is 0 Å². The zero-order chi connectivity index (χ0) is 27.6. The fourth-order valence-corrected chi connectivity index (χ4v) is 6.08. The molecule has 0 radical (unpaired) electrons.